The lowest BCUT2D eigenvalue weighted by molar-refractivity contribution is 0.275. The number of hydrogen-bond donors (Lipinski definition) is 1. The number of nitrogens with zero attached hydrogens (tertiary/aromatic N) is 2. The first-order chi connectivity index (χ1) is 8.63. The van der Waals surface area contributed by atoms with Crippen LogP contribution in [0.3, 0.4) is 0 Å². The zero-order chi connectivity index (χ0) is 13.4. The molecule has 1 N–H and O–H groups in total. The fraction of sp³-hybridized carbons (Fsp3) is 0.800. The van der Waals surface area contributed by atoms with E-state index in [0.29, 0.717) is 5.41 Å². The third-order valence-corrected chi connectivity index (χ3v) is 3.47. The van der Waals surface area contributed by atoms with Crippen LogP contribution in [-0.4, -0.2) is 22.9 Å². The Morgan fingerprint density at radius 2 is 2.06 bits per heavy atom. The number of aromatic nitrogens is 2. The molecule has 1 heterocycles. The molecule has 0 bridgehead atoms. The Hall–Kier alpha value is -0.830. The van der Waals surface area contributed by atoms with Crippen molar-refractivity contribution >= 4 is 0 Å². The van der Waals surface area contributed by atoms with Crippen molar-refractivity contribution in [2.45, 2.75) is 59.9 Å². The Labute approximate surface area is 112 Å². The molecule has 0 aromatic carbocycles. The Morgan fingerprint density at radius 1 is 1.28 bits per heavy atom. The molecule has 3 nitrogen and oxygen atoms in total. The molecule has 1 unspecified atom stereocenters. The maximum atomic E-state index is 4.37. The second-order valence-electron chi connectivity index (χ2n) is 5.62. The molecule has 0 aliphatic carbocycles. The summed E-state index contributed by atoms with van der Waals surface area (Å²) in [4.78, 5) is 0. The van der Waals surface area contributed by atoms with E-state index in [9.17, 15) is 0 Å². The van der Waals surface area contributed by atoms with Crippen molar-refractivity contribution in [3.8, 4) is 0 Å². The van der Waals surface area contributed by atoms with E-state index in [-0.39, 0.29) is 0 Å². The van der Waals surface area contributed by atoms with Crippen LogP contribution in [0.5, 0.6) is 0 Å². The van der Waals surface area contributed by atoms with Gasteiger partial charge in [0.1, 0.15) is 0 Å². The average Bonchev–Trinajstić information content (AvgIpc) is 2.77. The van der Waals surface area contributed by atoms with Gasteiger partial charge in [0.2, 0.25) is 0 Å². The van der Waals surface area contributed by atoms with Crippen molar-refractivity contribution in [2.24, 2.45) is 5.41 Å². The van der Waals surface area contributed by atoms with Crippen LogP contribution in [0, 0.1) is 5.41 Å². The van der Waals surface area contributed by atoms with E-state index in [1.54, 1.807) is 0 Å². The van der Waals surface area contributed by atoms with Crippen LogP contribution in [0.1, 0.15) is 52.5 Å². The fourth-order valence-electron chi connectivity index (χ4n) is 2.57. The van der Waals surface area contributed by atoms with Crippen LogP contribution in [0.15, 0.2) is 12.4 Å². The molecule has 0 spiro atoms. The Balaban J connectivity index is 2.59. The quantitative estimate of drug-likeness (QED) is 0.683. The second kappa shape index (κ2) is 7.57. The first-order valence-corrected chi connectivity index (χ1v) is 7.35. The lowest BCUT2D eigenvalue weighted by Crippen LogP contribution is -2.34. The van der Waals surface area contributed by atoms with Crippen molar-refractivity contribution in [1.29, 1.82) is 0 Å². The van der Waals surface area contributed by atoms with Gasteiger partial charge >= 0.3 is 0 Å². The smallest absolute Gasteiger partial charge is 0.0521 e. The molecule has 0 fully saturated rings. The fourth-order valence-corrected chi connectivity index (χ4v) is 2.57. The molecule has 0 aliphatic heterocycles. The van der Waals surface area contributed by atoms with E-state index >= 15 is 0 Å². The highest BCUT2D eigenvalue weighted by atomic mass is 15.3. The predicted octanol–water partition coefficient (Wildman–Crippen LogP) is 3.25. The lowest BCUT2D eigenvalue weighted by Gasteiger charge is -2.29. The van der Waals surface area contributed by atoms with Gasteiger partial charge in [-0.25, -0.2) is 0 Å². The molecule has 0 amide bonds. The third-order valence-electron chi connectivity index (χ3n) is 3.47. The SMILES string of the molecule is CCCNCC(C)(CCC)Cc1cnn(CC)c1. The van der Waals surface area contributed by atoms with Crippen LogP contribution in [-0.2, 0) is 13.0 Å². The zero-order valence-electron chi connectivity index (χ0n) is 12.5. The van der Waals surface area contributed by atoms with Gasteiger partial charge in [-0.2, -0.15) is 5.10 Å². The minimum Gasteiger partial charge on any atom is -0.316 e. The maximum Gasteiger partial charge on any atom is 0.0521 e. The first kappa shape index (κ1) is 15.2. The largest absolute Gasteiger partial charge is 0.316 e. The van der Waals surface area contributed by atoms with Gasteiger partial charge in [0.25, 0.3) is 0 Å². The highest BCUT2D eigenvalue weighted by Crippen LogP contribution is 2.27. The van der Waals surface area contributed by atoms with E-state index in [1.165, 1.54) is 24.8 Å². The standard InChI is InChI=1S/C15H29N3/c1-5-8-15(4,13-16-9-6-2)10-14-11-17-18(7-3)12-14/h11-12,16H,5-10,13H2,1-4H3. The van der Waals surface area contributed by atoms with Gasteiger partial charge in [0, 0.05) is 19.3 Å². The topological polar surface area (TPSA) is 29.9 Å². The molecule has 1 aromatic heterocycles. The Bertz CT molecular complexity index is 332. The Kier molecular flexibility index (Phi) is 6.41. The molecular formula is C15H29N3. The summed E-state index contributed by atoms with van der Waals surface area (Å²) >= 11 is 0. The summed E-state index contributed by atoms with van der Waals surface area (Å²) in [5.74, 6) is 0. The van der Waals surface area contributed by atoms with Crippen LogP contribution in [0.4, 0.5) is 0 Å². The van der Waals surface area contributed by atoms with Crippen LogP contribution < -0.4 is 5.32 Å². The average molecular weight is 251 g/mol. The van der Waals surface area contributed by atoms with E-state index in [2.05, 4.69) is 44.3 Å². The van der Waals surface area contributed by atoms with E-state index in [4.69, 9.17) is 0 Å². The minimum atomic E-state index is 0.353. The molecule has 1 atom stereocenters. The number of rotatable bonds is 9. The van der Waals surface area contributed by atoms with Crippen LogP contribution in [0.25, 0.3) is 0 Å². The van der Waals surface area contributed by atoms with Crippen molar-refractivity contribution in [3.05, 3.63) is 18.0 Å². The van der Waals surface area contributed by atoms with Crippen LogP contribution >= 0.6 is 0 Å². The highest BCUT2D eigenvalue weighted by Gasteiger charge is 2.23. The van der Waals surface area contributed by atoms with Crippen LogP contribution in [0.2, 0.25) is 0 Å². The first-order valence-electron chi connectivity index (χ1n) is 7.35. The highest BCUT2D eigenvalue weighted by molar-refractivity contribution is 5.07. The number of nitrogens with one attached hydrogen (secondary N) is 1. The monoisotopic (exact) mass is 251 g/mol. The Morgan fingerprint density at radius 3 is 2.61 bits per heavy atom. The second-order valence-corrected chi connectivity index (χ2v) is 5.62. The number of hydrogen-bond acceptors (Lipinski definition) is 2. The molecule has 0 saturated carbocycles. The number of aryl methyl sites for hydroxylation is 1. The zero-order valence-corrected chi connectivity index (χ0v) is 12.5. The van der Waals surface area contributed by atoms with E-state index in [1.807, 2.05) is 10.9 Å². The normalized spacial score (nSPS) is 14.7. The summed E-state index contributed by atoms with van der Waals surface area (Å²) < 4.78 is 2.02. The molecule has 1 rings (SSSR count). The summed E-state index contributed by atoms with van der Waals surface area (Å²) in [6.07, 6.45) is 9.05. The van der Waals surface area contributed by atoms with Gasteiger partial charge in [-0.1, -0.05) is 27.2 Å². The summed E-state index contributed by atoms with van der Waals surface area (Å²) in [6.45, 7) is 12.2. The van der Waals surface area contributed by atoms with Gasteiger partial charge < -0.3 is 5.32 Å². The summed E-state index contributed by atoms with van der Waals surface area (Å²) in [5, 5.41) is 7.95. The van der Waals surface area contributed by atoms with Crippen molar-refractivity contribution in [2.75, 3.05) is 13.1 Å². The predicted molar refractivity (Wildman–Crippen MR) is 77.8 cm³/mol. The van der Waals surface area contributed by atoms with Gasteiger partial charge in [-0.15, -0.1) is 0 Å². The van der Waals surface area contributed by atoms with Crippen molar-refractivity contribution in [3.63, 3.8) is 0 Å². The van der Waals surface area contributed by atoms with Gasteiger partial charge in [0.15, 0.2) is 0 Å². The minimum absolute atomic E-state index is 0.353. The lowest BCUT2D eigenvalue weighted by atomic mass is 9.80. The maximum absolute atomic E-state index is 4.37. The molecule has 0 aliphatic rings. The van der Waals surface area contributed by atoms with Gasteiger partial charge in [0.05, 0.1) is 6.20 Å². The molecule has 0 saturated heterocycles. The van der Waals surface area contributed by atoms with Crippen molar-refractivity contribution in [1.82, 2.24) is 15.1 Å². The van der Waals surface area contributed by atoms with E-state index < -0.39 is 0 Å². The molecule has 1 aromatic rings. The summed E-state index contributed by atoms with van der Waals surface area (Å²) in [7, 11) is 0. The van der Waals surface area contributed by atoms with Gasteiger partial charge in [-0.05, 0) is 43.7 Å². The molecule has 18 heavy (non-hydrogen) atoms. The summed E-state index contributed by atoms with van der Waals surface area (Å²) in [5.41, 5.74) is 1.72. The molecule has 0 radical (unpaired) electrons. The molecule has 3 heteroatoms. The molecular weight excluding hydrogens is 222 g/mol. The summed E-state index contributed by atoms with van der Waals surface area (Å²) in [6, 6.07) is 0. The van der Waals surface area contributed by atoms with Crippen molar-refractivity contribution < 1.29 is 0 Å². The van der Waals surface area contributed by atoms with Gasteiger partial charge in [-0.3, -0.25) is 4.68 Å². The van der Waals surface area contributed by atoms with E-state index in [0.717, 1.165) is 26.1 Å². The third kappa shape index (κ3) is 4.81. The molecule has 104 valence electrons.